The van der Waals surface area contributed by atoms with Gasteiger partial charge in [-0.15, -0.1) is 0 Å². The second kappa shape index (κ2) is 5.59. The molecule has 0 saturated heterocycles. The van der Waals surface area contributed by atoms with Crippen LogP contribution in [0.2, 0.25) is 0 Å². The fourth-order valence-corrected chi connectivity index (χ4v) is 1.63. The average molecular weight is 219 g/mol. The summed E-state index contributed by atoms with van der Waals surface area (Å²) in [6.45, 7) is 5.34. The van der Waals surface area contributed by atoms with E-state index in [1.165, 1.54) is 11.6 Å². The van der Waals surface area contributed by atoms with Gasteiger partial charge in [0, 0.05) is 12.5 Å². The van der Waals surface area contributed by atoms with Crippen LogP contribution in [0.25, 0.3) is 0 Å². The van der Waals surface area contributed by atoms with Crippen molar-refractivity contribution in [2.45, 2.75) is 25.8 Å². The van der Waals surface area contributed by atoms with Crippen molar-refractivity contribution in [3.8, 4) is 0 Å². The fraction of sp³-hybridized carbons (Fsp3) is 0.462. The van der Waals surface area contributed by atoms with E-state index in [0.717, 1.165) is 5.56 Å². The number of ether oxygens (including phenoxy) is 1. The lowest BCUT2D eigenvalue weighted by Gasteiger charge is -2.24. The van der Waals surface area contributed by atoms with E-state index in [2.05, 4.69) is 31.0 Å². The molecule has 0 N–H and O–H groups in total. The molecule has 3 nitrogen and oxygen atoms in total. The van der Waals surface area contributed by atoms with Gasteiger partial charge in [-0.2, -0.15) is 0 Å². The van der Waals surface area contributed by atoms with Crippen LogP contribution in [0.4, 0.5) is 0 Å². The zero-order valence-electron chi connectivity index (χ0n) is 9.99. The van der Waals surface area contributed by atoms with Gasteiger partial charge in [-0.05, 0) is 11.1 Å². The highest BCUT2D eigenvalue weighted by molar-refractivity contribution is 5.34. The number of rotatable bonds is 5. The summed E-state index contributed by atoms with van der Waals surface area (Å²) in [5.41, 5.74) is 2.23. The molecular formula is C13H17NO2. The van der Waals surface area contributed by atoms with Crippen molar-refractivity contribution in [3.63, 3.8) is 0 Å². The molecule has 1 rings (SSSR count). The zero-order chi connectivity index (χ0) is 12.0. The van der Waals surface area contributed by atoms with Crippen LogP contribution in [0.1, 0.15) is 25.0 Å². The molecule has 16 heavy (non-hydrogen) atoms. The molecule has 0 unspecified atom stereocenters. The van der Waals surface area contributed by atoms with Crippen LogP contribution in [0.3, 0.4) is 0 Å². The van der Waals surface area contributed by atoms with Gasteiger partial charge in [-0.3, -0.25) is 0 Å². The van der Waals surface area contributed by atoms with Crippen LogP contribution in [-0.4, -0.2) is 19.8 Å². The summed E-state index contributed by atoms with van der Waals surface area (Å²) >= 11 is 0. The van der Waals surface area contributed by atoms with Crippen molar-refractivity contribution in [3.05, 3.63) is 35.4 Å². The molecule has 3 heteroatoms. The maximum atomic E-state index is 9.98. The van der Waals surface area contributed by atoms with E-state index in [0.29, 0.717) is 13.2 Å². The minimum atomic E-state index is 0.00120. The number of methoxy groups -OCH3 is 1. The largest absolute Gasteiger partial charge is 0.384 e. The van der Waals surface area contributed by atoms with E-state index in [4.69, 9.17) is 4.74 Å². The molecule has 0 heterocycles. The van der Waals surface area contributed by atoms with Crippen LogP contribution >= 0.6 is 0 Å². The Bertz CT molecular complexity index is 375. The van der Waals surface area contributed by atoms with E-state index in [1.807, 2.05) is 12.1 Å². The molecule has 1 aromatic carbocycles. The SMILES string of the molecule is COCC(C)(C)c1ccc(CN=C=O)cc1. The standard InChI is InChI=1S/C13H17NO2/c1-13(2,9-16-3)12-6-4-11(5-7-12)8-14-10-15/h4-7H,8-9H2,1-3H3. The molecule has 1 aromatic rings. The number of carbonyl (C=O) groups excluding carboxylic acids is 1. The van der Waals surface area contributed by atoms with Gasteiger partial charge in [0.05, 0.1) is 13.2 Å². The molecule has 0 atom stereocenters. The lowest BCUT2D eigenvalue weighted by atomic mass is 9.85. The van der Waals surface area contributed by atoms with Crippen LogP contribution in [-0.2, 0) is 21.5 Å². The van der Waals surface area contributed by atoms with Gasteiger partial charge in [0.1, 0.15) is 0 Å². The van der Waals surface area contributed by atoms with Crippen molar-refractivity contribution in [1.29, 1.82) is 0 Å². The third-order valence-electron chi connectivity index (χ3n) is 2.57. The van der Waals surface area contributed by atoms with Gasteiger partial charge < -0.3 is 4.74 Å². The Morgan fingerprint density at radius 3 is 2.44 bits per heavy atom. The van der Waals surface area contributed by atoms with Crippen molar-refractivity contribution in [2.24, 2.45) is 4.99 Å². The topological polar surface area (TPSA) is 38.7 Å². The third kappa shape index (κ3) is 3.30. The lowest BCUT2D eigenvalue weighted by molar-refractivity contribution is 0.146. The predicted octanol–water partition coefficient (Wildman–Crippen LogP) is 2.45. The lowest BCUT2D eigenvalue weighted by Crippen LogP contribution is -2.23. The van der Waals surface area contributed by atoms with Crippen LogP contribution in [0.5, 0.6) is 0 Å². The summed E-state index contributed by atoms with van der Waals surface area (Å²) in [7, 11) is 1.70. The molecule has 0 aromatic heterocycles. The Kier molecular flexibility index (Phi) is 4.41. The van der Waals surface area contributed by atoms with Crippen molar-refractivity contribution in [1.82, 2.24) is 0 Å². The second-order valence-corrected chi connectivity index (χ2v) is 4.42. The van der Waals surface area contributed by atoms with E-state index >= 15 is 0 Å². The second-order valence-electron chi connectivity index (χ2n) is 4.42. The number of benzene rings is 1. The van der Waals surface area contributed by atoms with Crippen molar-refractivity contribution >= 4 is 6.08 Å². The van der Waals surface area contributed by atoms with E-state index in [1.54, 1.807) is 7.11 Å². The molecule has 0 saturated carbocycles. The Labute approximate surface area is 96.2 Å². The molecule has 0 bridgehead atoms. The monoisotopic (exact) mass is 219 g/mol. The van der Waals surface area contributed by atoms with Crippen LogP contribution in [0, 0.1) is 0 Å². The summed E-state index contributed by atoms with van der Waals surface area (Å²) in [6, 6.07) is 8.06. The summed E-state index contributed by atoms with van der Waals surface area (Å²) in [6.07, 6.45) is 1.54. The highest BCUT2D eigenvalue weighted by Crippen LogP contribution is 2.23. The maximum absolute atomic E-state index is 9.98. The molecule has 0 aliphatic carbocycles. The molecule has 0 spiro atoms. The first-order chi connectivity index (χ1) is 7.60. The number of aliphatic imine (C=N–C) groups is 1. The van der Waals surface area contributed by atoms with Gasteiger partial charge in [-0.25, -0.2) is 9.79 Å². The first kappa shape index (κ1) is 12.6. The van der Waals surface area contributed by atoms with Gasteiger partial charge in [0.25, 0.3) is 0 Å². The van der Waals surface area contributed by atoms with E-state index in [9.17, 15) is 4.79 Å². The highest BCUT2D eigenvalue weighted by Gasteiger charge is 2.19. The van der Waals surface area contributed by atoms with E-state index in [-0.39, 0.29) is 5.41 Å². The molecule has 0 radical (unpaired) electrons. The number of isocyanates is 1. The normalized spacial score (nSPS) is 10.9. The summed E-state index contributed by atoms with van der Waals surface area (Å²) in [5.74, 6) is 0. The number of nitrogens with zero attached hydrogens (tertiary/aromatic N) is 1. The molecule has 0 amide bonds. The Hall–Kier alpha value is -1.44. The smallest absolute Gasteiger partial charge is 0.235 e. The Balaban J connectivity index is 2.81. The predicted molar refractivity (Wildman–Crippen MR) is 63.2 cm³/mol. The van der Waals surface area contributed by atoms with Gasteiger partial charge >= 0.3 is 0 Å². The molecule has 0 fully saturated rings. The minimum Gasteiger partial charge on any atom is -0.384 e. The maximum Gasteiger partial charge on any atom is 0.235 e. The van der Waals surface area contributed by atoms with Crippen LogP contribution in [0.15, 0.2) is 29.3 Å². The van der Waals surface area contributed by atoms with Gasteiger partial charge in [0.15, 0.2) is 0 Å². The first-order valence-electron chi connectivity index (χ1n) is 5.22. The molecule has 0 aliphatic rings. The fourth-order valence-electron chi connectivity index (χ4n) is 1.63. The minimum absolute atomic E-state index is 0.00120. The first-order valence-corrected chi connectivity index (χ1v) is 5.22. The summed E-state index contributed by atoms with van der Waals surface area (Å²) in [4.78, 5) is 13.5. The Morgan fingerprint density at radius 1 is 1.31 bits per heavy atom. The zero-order valence-corrected chi connectivity index (χ0v) is 9.99. The summed E-state index contributed by atoms with van der Waals surface area (Å²) < 4.78 is 5.19. The molecule has 0 aliphatic heterocycles. The third-order valence-corrected chi connectivity index (χ3v) is 2.57. The molecule has 86 valence electrons. The van der Waals surface area contributed by atoms with Gasteiger partial charge in [-0.1, -0.05) is 38.1 Å². The van der Waals surface area contributed by atoms with Crippen LogP contribution < -0.4 is 0 Å². The Morgan fingerprint density at radius 2 is 1.94 bits per heavy atom. The van der Waals surface area contributed by atoms with Gasteiger partial charge in [0.2, 0.25) is 6.08 Å². The quantitative estimate of drug-likeness (QED) is 0.563. The number of hydrogen-bond acceptors (Lipinski definition) is 3. The van der Waals surface area contributed by atoms with E-state index < -0.39 is 0 Å². The summed E-state index contributed by atoms with van der Waals surface area (Å²) in [5, 5.41) is 0. The average Bonchev–Trinajstić information content (AvgIpc) is 2.27. The van der Waals surface area contributed by atoms with Crippen molar-refractivity contribution < 1.29 is 9.53 Å². The molecular weight excluding hydrogens is 202 g/mol. The highest BCUT2D eigenvalue weighted by atomic mass is 16.5. The number of hydrogen-bond donors (Lipinski definition) is 0. The van der Waals surface area contributed by atoms with Crippen molar-refractivity contribution in [2.75, 3.05) is 13.7 Å².